The van der Waals surface area contributed by atoms with E-state index in [1.165, 1.54) is 4.90 Å². The highest BCUT2D eigenvalue weighted by Crippen LogP contribution is 2.13. The molecule has 1 aliphatic rings. The summed E-state index contributed by atoms with van der Waals surface area (Å²) in [5.41, 5.74) is 28.4. The predicted molar refractivity (Wildman–Crippen MR) is 287 cm³/mol. The predicted octanol–water partition coefficient (Wildman–Crippen LogP) is -2.96. The highest BCUT2D eigenvalue weighted by molar-refractivity contribution is 7.80. The van der Waals surface area contributed by atoms with E-state index >= 15 is 0 Å². The number of nitrogens with zero attached hydrogens (tertiary/aromatic N) is 1. The van der Waals surface area contributed by atoms with E-state index < -0.39 is 103 Å². The zero-order chi connectivity index (χ0) is 56.1. The first-order chi connectivity index (χ1) is 35.9. The molecule has 1 aliphatic heterocycles. The van der Waals surface area contributed by atoms with E-state index in [2.05, 4.69) is 55.2 Å². The van der Waals surface area contributed by atoms with Crippen molar-refractivity contribution in [1.29, 1.82) is 0 Å². The Morgan fingerprint density at radius 2 is 1.11 bits per heavy atom. The van der Waals surface area contributed by atoms with Crippen molar-refractivity contribution in [2.24, 2.45) is 34.6 Å². The Morgan fingerprint density at radius 3 is 1.64 bits per heavy atom. The minimum absolute atomic E-state index is 0.00559. The molecule has 7 atom stereocenters. The monoisotopic (exact) mass is 1080 g/mol. The van der Waals surface area contributed by atoms with Crippen molar-refractivity contribution < 1.29 is 53.1 Å². The first-order valence-corrected chi connectivity index (χ1v) is 27.5. The number of nitrogens with two attached hydrogens (primary N) is 5. The van der Waals surface area contributed by atoms with Gasteiger partial charge in [-0.05, 0) is 135 Å². The summed E-state index contributed by atoms with van der Waals surface area (Å²) in [6, 6.07) is -8.22. The molecule has 0 aromatic rings. The summed E-state index contributed by atoms with van der Waals surface area (Å²) < 4.78 is 0. The average molecular weight is 1090 g/mol. The van der Waals surface area contributed by atoms with Crippen molar-refractivity contribution in [2.75, 3.05) is 58.2 Å². The van der Waals surface area contributed by atoms with Crippen molar-refractivity contribution in [3.8, 4) is 0 Å². The van der Waals surface area contributed by atoms with Crippen molar-refractivity contribution in [3.05, 3.63) is 0 Å². The zero-order valence-corrected chi connectivity index (χ0v) is 45.3. The van der Waals surface area contributed by atoms with E-state index in [4.69, 9.17) is 28.7 Å². The maximum absolute atomic E-state index is 14.8. The molecule has 1 heterocycles. The van der Waals surface area contributed by atoms with Crippen LogP contribution in [-0.4, -0.2) is 170 Å². The van der Waals surface area contributed by atoms with Crippen LogP contribution in [0.4, 0.5) is 0 Å². The van der Waals surface area contributed by atoms with Crippen LogP contribution in [0.1, 0.15) is 142 Å². The Hall–Kier alpha value is -5.15. The minimum Gasteiger partial charge on any atom is -0.394 e. The van der Waals surface area contributed by atoms with Crippen LogP contribution in [-0.2, 0) is 47.9 Å². The van der Waals surface area contributed by atoms with Gasteiger partial charge < -0.3 is 81.2 Å². The van der Waals surface area contributed by atoms with Gasteiger partial charge in [0.2, 0.25) is 59.1 Å². The van der Waals surface area contributed by atoms with E-state index in [1.54, 1.807) is 0 Å². The second-order valence-corrected chi connectivity index (χ2v) is 19.7. The van der Waals surface area contributed by atoms with Crippen molar-refractivity contribution >= 4 is 71.7 Å². The molecule has 75 heavy (non-hydrogen) atoms. The van der Waals surface area contributed by atoms with Gasteiger partial charge in [0.25, 0.3) is 0 Å². The first kappa shape index (κ1) is 67.9. The average Bonchev–Trinajstić information content (AvgIpc) is 3.37. The van der Waals surface area contributed by atoms with Crippen molar-refractivity contribution in [2.45, 2.75) is 185 Å². The van der Waals surface area contributed by atoms with Gasteiger partial charge >= 0.3 is 0 Å². The van der Waals surface area contributed by atoms with Crippen LogP contribution in [0.3, 0.4) is 0 Å². The summed E-state index contributed by atoms with van der Waals surface area (Å²) in [6.07, 6.45) is 7.08. The van der Waals surface area contributed by atoms with Gasteiger partial charge in [-0.2, -0.15) is 12.6 Å². The van der Waals surface area contributed by atoms with Gasteiger partial charge in [0, 0.05) is 31.7 Å². The number of aliphatic hydroxyl groups is 1. The number of carbonyl (C=O) groups excluding carboxylic acids is 10. The Morgan fingerprint density at radius 1 is 0.613 bits per heavy atom. The quantitative estimate of drug-likeness (QED) is 0.0289. The molecule has 25 nitrogen and oxygen atoms in total. The number of carbonyl (C=O) groups is 10. The summed E-state index contributed by atoms with van der Waals surface area (Å²) >= 11 is 4.01. The number of amides is 10. The summed E-state index contributed by atoms with van der Waals surface area (Å²) in [6.45, 7) is 3.73. The lowest BCUT2D eigenvalue weighted by Crippen LogP contribution is -2.59. The van der Waals surface area contributed by atoms with Crippen LogP contribution in [0.25, 0.3) is 0 Å². The second kappa shape index (κ2) is 40.2. The molecule has 10 amide bonds. The van der Waals surface area contributed by atoms with Crippen LogP contribution in [0.15, 0.2) is 0 Å². The fraction of sp³-hybridized carbons (Fsp3) is 0.796. The molecule has 26 heteroatoms. The Labute approximate surface area is 448 Å². The molecule has 0 spiro atoms. The molecule has 430 valence electrons. The van der Waals surface area contributed by atoms with E-state index in [0.29, 0.717) is 110 Å². The number of nitrogens with one attached hydrogen (secondary N) is 8. The van der Waals surface area contributed by atoms with Gasteiger partial charge in [-0.25, -0.2) is 0 Å². The standard InChI is InChI=1S/C49H92N14O11S/c1-32(2)42-48(73)55-27-15-3-4-16-28-63(29-41(67)57-34(18-8-12-24-51)45(70)60-37(30-64)47(72)61-38(31-75)43(54)68)49(74)36(20-10-14-26-53)59-46(71)35(19-9-13-25-52)58-44(69)33(17-7-11-23-50)56-39(65)21-5-6-22-40(66)62-42/h32-38,42,64,75H,3-31,50-53H2,1-2H3,(H2,54,68)(H,55,73)(H,56,65)(H,57,67)(H,58,69)(H,59,71)(H,60,70)(H,61,72)(H,62,66)/t33-,34-,35-,36-,37-,38-,42-/m0/s1. The summed E-state index contributed by atoms with van der Waals surface area (Å²) in [7, 11) is 0. The Bertz CT molecular complexity index is 1780. The normalized spacial score (nSPS) is 20.8. The Kier molecular flexibility index (Phi) is 36.3. The smallest absolute Gasteiger partial charge is 0.245 e. The number of primary amides is 1. The lowest BCUT2D eigenvalue weighted by Gasteiger charge is -2.30. The molecule has 0 aliphatic carbocycles. The van der Waals surface area contributed by atoms with E-state index in [-0.39, 0.29) is 81.6 Å². The molecule has 0 bridgehead atoms. The third-order valence-electron chi connectivity index (χ3n) is 12.6. The van der Waals surface area contributed by atoms with Gasteiger partial charge in [0.15, 0.2) is 0 Å². The van der Waals surface area contributed by atoms with E-state index in [1.807, 2.05) is 13.8 Å². The molecular formula is C49H92N14O11S. The molecule has 19 N–H and O–H groups in total. The molecule has 1 rings (SSSR count). The highest BCUT2D eigenvalue weighted by atomic mass is 32.1. The van der Waals surface area contributed by atoms with Crippen LogP contribution >= 0.6 is 12.6 Å². The third kappa shape index (κ3) is 28.5. The number of thiol groups is 1. The molecule has 0 saturated carbocycles. The Balaban J connectivity index is 3.71. The summed E-state index contributed by atoms with van der Waals surface area (Å²) in [4.78, 5) is 136. The third-order valence-corrected chi connectivity index (χ3v) is 13.0. The van der Waals surface area contributed by atoms with Gasteiger partial charge in [0.1, 0.15) is 42.3 Å². The number of hydrogen-bond donors (Lipinski definition) is 15. The minimum atomic E-state index is -1.54. The van der Waals surface area contributed by atoms with Gasteiger partial charge in [-0.3, -0.25) is 47.9 Å². The molecule has 0 aromatic heterocycles. The molecule has 0 radical (unpaired) electrons. The highest BCUT2D eigenvalue weighted by Gasteiger charge is 2.34. The van der Waals surface area contributed by atoms with Crippen LogP contribution in [0, 0.1) is 5.92 Å². The SMILES string of the molecule is CC(C)[C@@H]1NC(=O)CCCCC(=O)N[C@@H](CCCCN)C(=O)N[C@@H](CCCCN)C(=O)N[C@@H](CCCCN)C(=O)N(CC(=O)N[C@@H](CCCCN)C(=O)N[C@@H](CO)C(=O)N[C@@H](CS)C(N)=O)CCCCCCNC1=O. The molecule has 0 aromatic carbocycles. The fourth-order valence-electron chi connectivity index (χ4n) is 8.15. The lowest BCUT2D eigenvalue weighted by molar-refractivity contribution is -0.141. The van der Waals surface area contributed by atoms with Gasteiger partial charge in [-0.15, -0.1) is 0 Å². The molecular weight excluding hydrogens is 993 g/mol. The molecule has 1 saturated heterocycles. The number of unbranched alkanes of at least 4 members (excludes halogenated alkanes) is 4. The van der Waals surface area contributed by atoms with Crippen molar-refractivity contribution in [3.63, 3.8) is 0 Å². The maximum atomic E-state index is 14.8. The summed E-state index contributed by atoms with van der Waals surface area (Å²) in [5.74, 6) is -6.86. The first-order valence-electron chi connectivity index (χ1n) is 26.8. The second-order valence-electron chi connectivity index (χ2n) is 19.4. The van der Waals surface area contributed by atoms with Crippen molar-refractivity contribution in [1.82, 2.24) is 47.4 Å². The van der Waals surface area contributed by atoms with Gasteiger partial charge in [-0.1, -0.05) is 26.7 Å². The lowest BCUT2D eigenvalue weighted by atomic mass is 10.0. The fourth-order valence-corrected chi connectivity index (χ4v) is 8.42. The summed E-state index contributed by atoms with van der Waals surface area (Å²) in [5, 5.41) is 31.6. The van der Waals surface area contributed by atoms with Crippen LogP contribution in [0.5, 0.6) is 0 Å². The van der Waals surface area contributed by atoms with Gasteiger partial charge in [0.05, 0.1) is 13.2 Å². The number of hydrogen-bond acceptors (Lipinski definition) is 16. The maximum Gasteiger partial charge on any atom is 0.245 e. The molecule has 0 unspecified atom stereocenters. The van der Waals surface area contributed by atoms with E-state index in [0.717, 1.165) is 0 Å². The number of rotatable bonds is 27. The molecule has 1 fully saturated rings. The van der Waals surface area contributed by atoms with Crippen LogP contribution < -0.4 is 71.2 Å². The number of aliphatic hydroxyl groups excluding tert-OH is 1. The van der Waals surface area contributed by atoms with E-state index in [9.17, 15) is 53.1 Å². The van der Waals surface area contributed by atoms with Crippen LogP contribution in [0.2, 0.25) is 0 Å². The largest absolute Gasteiger partial charge is 0.394 e. The zero-order valence-electron chi connectivity index (χ0n) is 44.4. The topological polar surface area (TPSA) is 421 Å².